The zero-order valence-electron chi connectivity index (χ0n) is 14.6. The second kappa shape index (κ2) is 7.09. The lowest BCUT2D eigenvalue weighted by atomic mass is 10.1. The number of likely N-dealkylation sites (N-methyl/N-ethyl adjacent to an activating group) is 1. The number of fused-ring (bicyclic) bond motifs is 1. The van der Waals surface area contributed by atoms with Crippen LogP contribution in [-0.4, -0.2) is 48.1 Å². The van der Waals surface area contributed by atoms with Gasteiger partial charge >= 0.3 is 0 Å². The number of benzene rings is 2. The van der Waals surface area contributed by atoms with Crippen molar-refractivity contribution in [3.63, 3.8) is 0 Å². The molecule has 0 amide bonds. The van der Waals surface area contributed by atoms with E-state index in [9.17, 15) is 0 Å². The van der Waals surface area contributed by atoms with Gasteiger partial charge < -0.3 is 20.9 Å². The molecule has 2 aromatic carbocycles. The Morgan fingerprint density at radius 1 is 1.08 bits per heavy atom. The summed E-state index contributed by atoms with van der Waals surface area (Å²) < 4.78 is 1.01. The molecule has 1 aromatic heterocycles. The first kappa shape index (κ1) is 17.1. The second-order valence-corrected chi connectivity index (χ2v) is 7.49. The summed E-state index contributed by atoms with van der Waals surface area (Å²) in [6.07, 6.45) is 1.59. The summed E-state index contributed by atoms with van der Waals surface area (Å²) in [5, 5.41) is 4.28. The maximum atomic E-state index is 6.39. The van der Waals surface area contributed by atoms with E-state index in [0.29, 0.717) is 0 Å². The minimum absolute atomic E-state index is 0.754. The normalized spacial score (nSPS) is 15.4. The van der Waals surface area contributed by atoms with Crippen molar-refractivity contribution in [1.82, 2.24) is 14.9 Å². The number of nitrogen functional groups attached to an aromatic ring is 1. The molecule has 0 spiro atoms. The number of hydrogen-bond acceptors (Lipinski definition) is 6. The third kappa shape index (κ3) is 3.45. The van der Waals surface area contributed by atoms with Crippen LogP contribution in [0, 0.1) is 0 Å². The summed E-state index contributed by atoms with van der Waals surface area (Å²) in [5.41, 5.74) is 10.1. The second-order valence-electron chi connectivity index (χ2n) is 6.58. The average molecular weight is 413 g/mol. The molecule has 1 fully saturated rings. The number of anilines is 4. The Bertz CT molecular complexity index is 936. The van der Waals surface area contributed by atoms with Crippen LogP contribution in [0.25, 0.3) is 10.9 Å². The molecule has 0 saturated carbocycles. The average Bonchev–Trinajstić information content (AvgIpc) is 2.63. The summed E-state index contributed by atoms with van der Waals surface area (Å²) in [6, 6.07) is 12.0. The Hall–Kier alpha value is -2.38. The van der Waals surface area contributed by atoms with Gasteiger partial charge in [0.05, 0.1) is 16.9 Å². The molecule has 0 unspecified atom stereocenters. The van der Waals surface area contributed by atoms with E-state index < -0.39 is 0 Å². The van der Waals surface area contributed by atoms with Crippen LogP contribution >= 0.6 is 15.9 Å². The molecule has 0 radical (unpaired) electrons. The first-order valence-electron chi connectivity index (χ1n) is 8.60. The van der Waals surface area contributed by atoms with Crippen molar-refractivity contribution in [1.29, 1.82) is 0 Å². The third-order valence-corrected chi connectivity index (χ3v) is 5.21. The van der Waals surface area contributed by atoms with E-state index in [-0.39, 0.29) is 0 Å². The molecule has 3 aromatic rings. The predicted octanol–water partition coefficient (Wildman–Crippen LogP) is 3.47. The van der Waals surface area contributed by atoms with Crippen molar-refractivity contribution < 1.29 is 0 Å². The van der Waals surface area contributed by atoms with E-state index in [1.54, 1.807) is 6.33 Å². The molecule has 2 heterocycles. The van der Waals surface area contributed by atoms with Gasteiger partial charge in [0.1, 0.15) is 12.1 Å². The van der Waals surface area contributed by atoms with Crippen LogP contribution in [0.3, 0.4) is 0 Å². The van der Waals surface area contributed by atoms with E-state index in [0.717, 1.165) is 64.4 Å². The van der Waals surface area contributed by atoms with Crippen molar-refractivity contribution >= 4 is 49.7 Å². The van der Waals surface area contributed by atoms with Gasteiger partial charge in [-0.05, 0) is 37.4 Å². The van der Waals surface area contributed by atoms with Crippen molar-refractivity contribution in [3.8, 4) is 0 Å². The smallest absolute Gasteiger partial charge is 0.141 e. The van der Waals surface area contributed by atoms with Crippen LogP contribution < -0.4 is 16.0 Å². The molecule has 4 rings (SSSR count). The van der Waals surface area contributed by atoms with Crippen LogP contribution in [0.1, 0.15) is 0 Å². The van der Waals surface area contributed by atoms with Gasteiger partial charge in [-0.2, -0.15) is 0 Å². The summed E-state index contributed by atoms with van der Waals surface area (Å²) in [5.74, 6) is 0.754. The van der Waals surface area contributed by atoms with Gasteiger partial charge in [-0.15, -0.1) is 0 Å². The molecule has 1 aliphatic rings. The highest BCUT2D eigenvalue weighted by molar-refractivity contribution is 9.10. The Kier molecular flexibility index (Phi) is 4.65. The molecule has 134 valence electrons. The molecule has 0 bridgehead atoms. The summed E-state index contributed by atoms with van der Waals surface area (Å²) >= 11 is 3.49. The zero-order valence-corrected chi connectivity index (χ0v) is 16.2. The Morgan fingerprint density at radius 2 is 1.88 bits per heavy atom. The van der Waals surface area contributed by atoms with E-state index in [4.69, 9.17) is 5.73 Å². The van der Waals surface area contributed by atoms with Crippen LogP contribution in [0.2, 0.25) is 0 Å². The van der Waals surface area contributed by atoms with Gasteiger partial charge in [0.2, 0.25) is 0 Å². The maximum Gasteiger partial charge on any atom is 0.141 e. The Labute approximate surface area is 161 Å². The van der Waals surface area contributed by atoms with Crippen LogP contribution in [0.5, 0.6) is 0 Å². The number of nitrogens with two attached hydrogens (primary N) is 1. The minimum atomic E-state index is 0.754. The largest absolute Gasteiger partial charge is 0.397 e. The highest BCUT2D eigenvalue weighted by atomic mass is 79.9. The Morgan fingerprint density at radius 3 is 2.65 bits per heavy atom. The SMILES string of the molecule is CN1CCN(c2cc3ncnc(Nc4cccc(Br)c4)c3cc2N)CC1. The number of nitrogens with one attached hydrogen (secondary N) is 1. The van der Waals surface area contributed by atoms with Crippen molar-refractivity contribution in [2.75, 3.05) is 49.2 Å². The van der Waals surface area contributed by atoms with Gasteiger partial charge in [-0.1, -0.05) is 22.0 Å². The zero-order chi connectivity index (χ0) is 18.1. The van der Waals surface area contributed by atoms with E-state index in [1.807, 2.05) is 30.3 Å². The van der Waals surface area contributed by atoms with Crippen molar-refractivity contribution in [2.24, 2.45) is 0 Å². The maximum absolute atomic E-state index is 6.39. The third-order valence-electron chi connectivity index (χ3n) is 4.72. The highest BCUT2D eigenvalue weighted by Crippen LogP contribution is 2.32. The molecular weight excluding hydrogens is 392 g/mol. The lowest BCUT2D eigenvalue weighted by molar-refractivity contribution is 0.313. The number of nitrogens with zero attached hydrogens (tertiary/aromatic N) is 4. The summed E-state index contributed by atoms with van der Waals surface area (Å²) in [7, 11) is 2.15. The van der Waals surface area contributed by atoms with E-state index in [1.165, 1.54) is 0 Å². The minimum Gasteiger partial charge on any atom is -0.397 e. The fraction of sp³-hybridized carbons (Fsp3) is 0.263. The predicted molar refractivity (Wildman–Crippen MR) is 111 cm³/mol. The lowest BCUT2D eigenvalue weighted by Gasteiger charge is -2.34. The van der Waals surface area contributed by atoms with Crippen molar-refractivity contribution in [2.45, 2.75) is 0 Å². The van der Waals surface area contributed by atoms with Gasteiger partial charge in [0.25, 0.3) is 0 Å². The molecule has 0 aliphatic carbocycles. The molecule has 7 heteroatoms. The molecule has 1 aliphatic heterocycles. The fourth-order valence-corrected chi connectivity index (χ4v) is 3.63. The van der Waals surface area contributed by atoms with Crippen LogP contribution in [-0.2, 0) is 0 Å². The number of halogens is 1. The first-order valence-corrected chi connectivity index (χ1v) is 9.40. The lowest BCUT2D eigenvalue weighted by Crippen LogP contribution is -2.44. The molecular formula is C19H21BrN6. The highest BCUT2D eigenvalue weighted by Gasteiger charge is 2.18. The number of rotatable bonds is 3. The monoisotopic (exact) mass is 412 g/mol. The standard InChI is InChI=1S/C19H21BrN6/c1-25-5-7-26(8-6-25)18-11-17-15(10-16(18)21)19(23-12-22-17)24-14-4-2-3-13(20)9-14/h2-4,9-12H,5-8,21H2,1H3,(H,22,23,24). The van der Waals surface area contributed by atoms with Crippen LogP contribution in [0.4, 0.5) is 22.9 Å². The number of piperazine rings is 1. The first-order chi connectivity index (χ1) is 12.6. The van der Waals surface area contributed by atoms with Gasteiger partial charge in [0.15, 0.2) is 0 Å². The van der Waals surface area contributed by atoms with E-state index in [2.05, 4.69) is 54.1 Å². The molecule has 3 N–H and O–H groups in total. The van der Waals surface area contributed by atoms with E-state index >= 15 is 0 Å². The number of aromatic nitrogens is 2. The fourth-order valence-electron chi connectivity index (χ4n) is 3.23. The molecule has 6 nitrogen and oxygen atoms in total. The van der Waals surface area contributed by atoms with Gasteiger partial charge in [-0.25, -0.2) is 9.97 Å². The van der Waals surface area contributed by atoms with Crippen LogP contribution in [0.15, 0.2) is 47.2 Å². The summed E-state index contributed by atoms with van der Waals surface area (Å²) in [6.45, 7) is 4.02. The Balaban J connectivity index is 1.69. The van der Waals surface area contributed by atoms with Gasteiger partial charge in [0, 0.05) is 41.7 Å². The van der Waals surface area contributed by atoms with Gasteiger partial charge in [-0.3, -0.25) is 0 Å². The molecule has 1 saturated heterocycles. The topological polar surface area (TPSA) is 70.3 Å². The molecule has 26 heavy (non-hydrogen) atoms. The number of hydrogen-bond donors (Lipinski definition) is 2. The quantitative estimate of drug-likeness (QED) is 0.641. The molecule has 0 atom stereocenters. The summed E-state index contributed by atoms with van der Waals surface area (Å²) in [4.78, 5) is 13.5. The van der Waals surface area contributed by atoms with Crippen molar-refractivity contribution in [3.05, 3.63) is 47.2 Å².